The highest BCUT2D eigenvalue weighted by Gasteiger charge is 2.16. The summed E-state index contributed by atoms with van der Waals surface area (Å²) in [5.41, 5.74) is 5.68. The van der Waals surface area contributed by atoms with Gasteiger partial charge in [-0.05, 0) is 38.0 Å². The van der Waals surface area contributed by atoms with Crippen molar-refractivity contribution in [3.63, 3.8) is 0 Å². The molecule has 0 spiro atoms. The summed E-state index contributed by atoms with van der Waals surface area (Å²) in [5.74, 6) is -0.165. The van der Waals surface area contributed by atoms with Crippen LogP contribution in [0.4, 0.5) is 0 Å². The van der Waals surface area contributed by atoms with Gasteiger partial charge in [0.25, 0.3) is 0 Å². The maximum atomic E-state index is 12.6. The molecule has 0 fully saturated rings. The summed E-state index contributed by atoms with van der Waals surface area (Å²) < 4.78 is 3.42. The van der Waals surface area contributed by atoms with Crippen LogP contribution in [0.15, 0.2) is 42.7 Å². The fourth-order valence-electron chi connectivity index (χ4n) is 3.58. The van der Waals surface area contributed by atoms with Crippen LogP contribution in [-0.2, 0) is 24.4 Å². The number of aromatic nitrogens is 5. The molecule has 1 amide bonds. The average Bonchev–Trinajstić information content (AvgIpc) is 3.26. The minimum Gasteiger partial charge on any atom is -0.349 e. The summed E-state index contributed by atoms with van der Waals surface area (Å²) in [4.78, 5) is 17.1. The Hall–Kier alpha value is -3.19. The summed E-state index contributed by atoms with van der Waals surface area (Å²) in [7, 11) is 0. The van der Waals surface area contributed by atoms with Gasteiger partial charge in [0, 0.05) is 18.1 Å². The first-order valence-corrected chi connectivity index (χ1v) is 10.2. The van der Waals surface area contributed by atoms with Crippen LogP contribution in [0.5, 0.6) is 0 Å². The van der Waals surface area contributed by atoms with Crippen molar-refractivity contribution >= 4 is 28.5 Å². The molecule has 4 aromatic rings. The Labute approximate surface area is 179 Å². The molecule has 3 heterocycles. The van der Waals surface area contributed by atoms with E-state index in [1.165, 1.54) is 5.56 Å². The number of halogens is 1. The van der Waals surface area contributed by atoms with Crippen LogP contribution in [0.2, 0.25) is 5.02 Å². The van der Waals surface area contributed by atoms with Crippen LogP contribution in [0.25, 0.3) is 22.2 Å². The maximum Gasteiger partial charge on any atom is 0.242 e. The lowest BCUT2D eigenvalue weighted by Gasteiger charge is -2.09. The number of pyridine rings is 1. The van der Waals surface area contributed by atoms with E-state index in [2.05, 4.69) is 51.7 Å². The van der Waals surface area contributed by atoms with Gasteiger partial charge in [-0.1, -0.05) is 41.4 Å². The third-order valence-electron chi connectivity index (χ3n) is 5.11. The van der Waals surface area contributed by atoms with Gasteiger partial charge in [0.15, 0.2) is 5.65 Å². The van der Waals surface area contributed by atoms with E-state index in [1.807, 2.05) is 19.9 Å². The van der Waals surface area contributed by atoms with Gasteiger partial charge in [-0.15, -0.1) is 0 Å². The Morgan fingerprint density at radius 3 is 2.63 bits per heavy atom. The minimum absolute atomic E-state index is 0.0760. The molecule has 0 aliphatic heterocycles. The molecular formula is C22H23ClN6O. The van der Waals surface area contributed by atoms with E-state index < -0.39 is 0 Å². The van der Waals surface area contributed by atoms with E-state index in [9.17, 15) is 4.79 Å². The van der Waals surface area contributed by atoms with E-state index in [-0.39, 0.29) is 12.5 Å². The molecule has 0 saturated carbocycles. The molecule has 0 saturated heterocycles. The number of benzene rings is 1. The monoisotopic (exact) mass is 422 g/mol. The topological polar surface area (TPSA) is 77.6 Å². The normalized spacial score (nSPS) is 11.2. The predicted molar refractivity (Wildman–Crippen MR) is 117 cm³/mol. The van der Waals surface area contributed by atoms with Crippen molar-refractivity contribution in [2.24, 2.45) is 0 Å². The van der Waals surface area contributed by atoms with Crippen molar-refractivity contribution in [2.75, 3.05) is 0 Å². The smallest absolute Gasteiger partial charge is 0.242 e. The Kier molecular flexibility index (Phi) is 5.55. The second-order valence-electron chi connectivity index (χ2n) is 7.20. The molecule has 0 radical (unpaired) electrons. The van der Waals surface area contributed by atoms with Gasteiger partial charge in [0.05, 0.1) is 29.2 Å². The van der Waals surface area contributed by atoms with Gasteiger partial charge in [0.2, 0.25) is 5.91 Å². The molecule has 4 rings (SSSR count). The van der Waals surface area contributed by atoms with E-state index >= 15 is 0 Å². The summed E-state index contributed by atoms with van der Waals surface area (Å²) in [6.45, 7) is 7.06. The number of fused-ring (bicyclic) bond motifs is 1. The molecule has 3 aromatic heterocycles. The molecule has 154 valence electrons. The van der Waals surface area contributed by atoms with Crippen molar-refractivity contribution in [2.45, 2.75) is 40.4 Å². The molecule has 0 atom stereocenters. The Balaban J connectivity index is 1.58. The second-order valence-corrected chi connectivity index (χ2v) is 7.61. The van der Waals surface area contributed by atoms with E-state index in [4.69, 9.17) is 11.6 Å². The fraction of sp³-hybridized carbons (Fsp3) is 0.273. The maximum absolute atomic E-state index is 12.6. The molecule has 0 unspecified atom stereocenters. The van der Waals surface area contributed by atoms with Crippen LogP contribution >= 0.6 is 11.6 Å². The van der Waals surface area contributed by atoms with Crippen LogP contribution in [0.1, 0.15) is 23.9 Å². The van der Waals surface area contributed by atoms with Crippen molar-refractivity contribution in [1.29, 1.82) is 0 Å². The third kappa shape index (κ3) is 3.80. The van der Waals surface area contributed by atoms with Gasteiger partial charge in [-0.2, -0.15) is 10.2 Å². The zero-order chi connectivity index (χ0) is 21.3. The highest BCUT2D eigenvalue weighted by Crippen LogP contribution is 2.30. The van der Waals surface area contributed by atoms with Crippen LogP contribution < -0.4 is 5.32 Å². The molecule has 0 bridgehead atoms. The number of hydrogen-bond donors (Lipinski definition) is 1. The summed E-state index contributed by atoms with van der Waals surface area (Å²) in [6, 6.07) is 10.3. The molecule has 1 N–H and O–H groups in total. The number of aryl methyl sites for hydroxylation is 3. The molecule has 1 aromatic carbocycles. The number of rotatable bonds is 6. The Morgan fingerprint density at radius 1 is 1.13 bits per heavy atom. The number of carbonyl (C=O) groups excluding carboxylic acids is 1. The molecule has 0 aliphatic rings. The van der Waals surface area contributed by atoms with Gasteiger partial charge in [0.1, 0.15) is 6.54 Å². The second kappa shape index (κ2) is 8.28. The van der Waals surface area contributed by atoms with Crippen LogP contribution in [0, 0.1) is 13.8 Å². The van der Waals surface area contributed by atoms with Gasteiger partial charge >= 0.3 is 0 Å². The lowest BCUT2D eigenvalue weighted by atomic mass is 10.0. The van der Waals surface area contributed by atoms with Crippen molar-refractivity contribution in [3.05, 3.63) is 64.7 Å². The Morgan fingerprint density at radius 2 is 1.90 bits per heavy atom. The van der Waals surface area contributed by atoms with Crippen molar-refractivity contribution in [3.8, 4) is 11.1 Å². The molecule has 8 heteroatoms. The standard InChI is InChI=1S/C22H23ClN6O/c1-4-28-19(18(23)11-26-28)12-25-20(30)13-29-22-21(15(3)27-29)17(9-10-24-22)16-7-5-14(2)6-8-16/h5-11H,4,12-13H2,1-3H3,(H,25,30). The van der Waals surface area contributed by atoms with E-state index in [0.717, 1.165) is 27.9 Å². The summed E-state index contributed by atoms with van der Waals surface area (Å²) >= 11 is 6.17. The lowest BCUT2D eigenvalue weighted by Crippen LogP contribution is -2.28. The first-order valence-electron chi connectivity index (χ1n) is 9.84. The number of nitrogens with one attached hydrogen (secondary N) is 1. The first-order chi connectivity index (χ1) is 14.5. The van der Waals surface area contributed by atoms with E-state index in [0.29, 0.717) is 23.8 Å². The number of carbonyl (C=O) groups is 1. The van der Waals surface area contributed by atoms with Crippen molar-refractivity contribution in [1.82, 2.24) is 29.9 Å². The average molecular weight is 423 g/mol. The highest BCUT2D eigenvalue weighted by molar-refractivity contribution is 6.31. The van der Waals surface area contributed by atoms with E-state index in [1.54, 1.807) is 21.8 Å². The first kappa shape index (κ1) is 20.1. The van der Waals surface area contributed by atoms with Gasteiger partial charge in [-0.25, -0.2) is 9.67 Å². The molecule has 30 heavy (non-hydrogen) atoms. The molecule has 0 aliphatic carbocycles. The minimum atomic E-state index is -0.165. The van der Waals surface area contributed by atoms with Gasteiger partial charge in [-0.3, -0.25) is 9.48 Å². The van der Waals surface area contributed by atoms with Crippen LogP contribution in [0.3, 0.4) is 0 Å². The zero-order valence-corrected chi connectivity index (χ0v) is 17.9. The summed E-state index contributed by atoms with van der Waals surface area (Å²) in [5, 5.41) is 13.2. The number of amides is 1. The quantitative estimate of drug-likeness (QED) is 0.511. The largest absolute Gasteiger partial charge is 0.349 e. The van der Waals surface area contributed by atoms with Crippen LogP contribution in [-0.4, -0.2) is 30.5 Å². The molecule has 7 nitrogen and oxygen atoms in total. The fourth-order valence-corrected chi connectivity index (χ4v) is 3.78. The SMILES string of the molecule is CCn1ncc(Cl)c1CNC(=O)Cn1nc(C)c2c(-c3ccc(C)cc3)ccnc21. The molecular weight excluding hydrogens is 400 g/mol. The third-order valence-corrected chi connectivity index (χ3v) is 5.43. The predicted octanol–water partition coefficient (Wildman–Crippen LogP) is 3.90. The summed E-state index contributed by atoms with van der Waals surface area (Å²) in [6.07, 6.45) is 3.35. The highest BCUT2D eigenvalue weighted by atomic mass is 35.5. The van der Waals surface area contributed by atoms with Crippen molar-refractivity contribution < 1.29 is 4.79 Å². The zero-order valence-electron chi connectivity index (χ0n) is 17.2. The Bertz CT molecular complexity index is 1210. The van der Waals surface area contributed by atoms with Gasteiger partial charge < -0.3 is 5.32 Å². The lowest BCUT2D eigenvalue weighted by molar-refractivity contribution is -0.122. The number of hydrogen-bond acceptors (Lipinski definition) is 4. The number of nitrogens with zero attached hydrogens (tertiary/aromatic N) is 5.